The third-order valence-electron chi connectivity index (χ3n) is 1.68. The van der Waals surface area contributed by atoms with Crippen LogP contribution in [0.2, 0.25) is 0 Å². The molecule has 0 aliphatic rings. The van der Waals surface area contributed by atoms with Crippen LogP contribution in [0.15, 0.2) is 30.7 Å². The molecule has 0 amide bonds. The lowest BCUT2D eigenvalue weighted by Gasteiger charge is -1.99. The van der Waals surface area contributed by atoms with Crippen molar-refractivity contribution in [1.82, 2.24) is 9.38 Å². The van der Waals surface area contributed by atoms with Gasteiger partial charge < -0.3 is 9.72 Å². The van der Waals surface area contributed by atoms with Gasteiger partial charge in [0, 0.05) is 25.6 Å². The Morgan fingerprint density at radius 1 is 1.45 bits per heavy atom. The molecule has 2 aromatic rings. The standard InChI is InChI=1S/C8H9N3/c1-9-7-2-3-8-10-4-5-11(8)6-7/h2-6,9H,1H3. The van der Waals surface area contributed by atoms with Crippen molar-refractivity contribution < 1.29 is 0 Å². The van der Waals surface area contributed by atoms with Crippen LogP contribution in [0.3, 0.4) is 0 Å². The van der Waals surface area contributed by atoms with E-state index in [0.717, 1.165) is 11.3 Å². The SMILES string of the molecule is CNc1ccc2nccn2c1. The van der Waals surface area contributed by atoms with Gasteiger partial charge in [0.05, 0.1) is 5.69 Å². The minimum absolute atomic E-state index is 0.976. The Morgan fingerprint density at radius 2 is 2.36 bits per heavy atom. The van der Waals surface area contributed by atoms with E-state index in [1.54, 1.807) is 6.20 Å². The lowest BCUT2D eigenvalue weighted by Crippen LogP contribution is -1.90. The number of fused-ring (bicyclic) bond motifs is 1. The minimum Gasteiger partial charge on any atom is -0.387 e. The second-order valence-electron chi connectivity index (χ2n) is 2.36. The average Bonchev–Trinajstić information content (AvgIpc) is 2.50. The van der Waals surface area contributed by atoms with Crippen LogP contribution in [-0.4, -0.2) is 16.4 Å². The number of pyridine rings is 1. The maximum absolute atomic E-state index is 4.13. The fourth-order valence-corrected chi connectivity index (χ4v) is 1.07. The summed E-state index contributed by atoms with van der Waals surface area (Å²) >= 11 is 0. The number of anilines is 1. The zero-order valence-corrected chi connectivity index (χ0v) is 6.28. The first-order valence-electron chi connectivity index (χ1n) is 3.50. The van der Waals surface area contributed by atoms with E-state index < -0.39 is 0 Å². The molecule has 0 aromatic carbocycles. The van der Waals surface area contributed by atoms with Gasteiger partial charge in [-0.05, 0) is 12.1 Å². The van der Waals surface area contributed by atoms with E-state index in [4.69, 9.17) is 0 Å². The first kappa shape index (κ1) is 6.22. The van der Waals surface area contributed by atoms with Crippen molar-refractivity contribution >= 4 is 11.3 Å². The Bertz CT molecular complexity index is 364. The molecule has 0 saturated heterocycles. The van der Waals surface area contributed by atoms with E-state index in [1.807, 2.05) is 36.0 Å². The highest BCUT2D eigenvalue weighted by atomic mass is 15.0. The molecule has 0 atom stereocenters. The molecule has 2 aromatic heterocycles. The van der Waals surface area contributed by atoms with Gasteiger partial charge in [0.15, 0.2) is 0 Å². The predicted molar refractivity (Wildman–Crippen MR) is 44.7 cm³/mol. The second kappa shape index (κ2) is 2.27. The zero-order chi connectivity index (χ0) is 7.68. The molecule has 0 radical (unpaired) electrons. The summed E-state index contributed by atoms with van der Waals surface area (Å²) in [4.78, 5) is 4.13. The Morgan fingerprint density at radius 3 is 3.18 bits per heavy atom. The van der Waals surface area contributed by atoms with Gasteiger partial charge in [-0.15, -0.1) is 0 Å². The van der Waals surface area contributed by atoms with Crippen LogP contribution in [0.1, 0.15) is 0 Å². The quantitative estimate of drug-likeness (QED) is 0.660. The molecule has 3 heteroatoms. The number of nitrogens with one attached hydrogen (secondary N) is 1. The molecule has 1 N–H and O–H groups in total. The summed E-state index contributed by atoms with van der Waals surface area (Å²) in [7, 11) is 1.90. The van der Waals surface area contributed by atoms with Crippen LogP contribution in [0.4, 0.5) is 5.69 Å². The first-order valence-corrected chi connectivity index (χ1v) is 3.50. The smallest absolute Gasteiger partial charge is 0.136 e. The van der Waals surface area contributed by atoms with E-state index >= 15 is 0 Å². The Hall–Kier alpha value is -1.51. The lowest BCUT2D eigenvalue weighted by atomic mass is 10.4. The van der Waals surface area contributed by atoms with Gasteiger partial charge in [0.2, 0.25) is 0 Å². The molecule has 0 fully saturated rings. The molecule has 0 aliphatic heterocycles. The molecule has 0 unspecified atom stereocenters. The van der Waals surface area contributed by atoms with E-state index in [2.05, 4.69) is 10.3 Å². The third-order valence-corrected chi connectivity index (χ3v) is 1.68. The maximum atomic E-state index is 4.13. The summed E-state index contributed by atoms with van der Waals surface area (Å²) in [5, 5.41) is 3.06. The van der Waals surface area contributed by atoms with Crippen molar-refractivity contribution in [3.63, 3.8) is 0 Å². The fourth-order valence-electron chi connectivity index (χ4n) is 1.07. The van der Waals surface area contributed by atoms with Crippen LogP contribution in [-0.2, 0) is 0 Å². The van der Waals surface area contributed by atoms with Crippen molar-refractivity contribution in [3.05, 3.63) is 30.7 Å². The first-order chi connectivity index (χ1) is 5.40. The van der Waals surface area contributed by atoms with Crippen LogP contribution >= 0.6 is 0 Å². The van der Waals surface area contributed by atoms with Crippen LogP contribution in [0.5, 0.6) is 0 Å². The van der Waals surface area contributed by atoms with Crippen molar-refractivity contribution in [1.29, 1.82) is 0 Å². The molecule has 2 rings (SSSR count). The van der Waals surface area contributed by atoms with Gasteiger partial charge in [-0.3, -0.25) is 0 Å². The van der Waals surface area contributed by atoms with Crippen molar-refractivity contribution in [3.8, 4) is 0 Å². The highest BCUT2D eigenvalue weighted by Gasteiger charge is 1.92. The van der Waals surface area contributed by atoms with Gasteiger partial charge in [0.1, 0.15) is 5.65 Å². The number of rotatable bonds is 1. The fraction of sp³-hybridized carbons (Fsp3) is 0.125. The summed E-state index contributed by atoms with van der Waals surface area (Å²) in [6, 6.07) is 3.98. The van der Waals surface area contributed by atoms with Gasteiger partial charge in [-0.1, -0.05) is 0 Å². The second-order valence-corrected chi connectivity index (χ2v) is 2.36. The Labute approximate surface area is 64.7 Å². The summed E-state index contributed by atoms with van der Waals surface area (Å²) < 4.78 is 1.98. The number of hydrogen-bond acceptors (Lipinski definition) is 2. The number of hydrogen-bond donors (Lipinski definition) is 1. The molecule has 3 nitrogen and oxygen atoms in total. The van der Waals surface area contributed by atoms with Crippen molar-refractivity contribution in [2.75, 3.05) is 12.4 Å². The summed E-state index contributed by atoms with van der Waals surface area (Å²) in [6.45, 7) is 0. The van der Waals surface area contributed by atoms with Gasteiger partial charge in [-0.2, -0.15) is 0 Å². The van der Waals surface area contributed by atoms with Crippen LogP contribution < -0.4 is 5.32 Å². The molecule has 11 heavy (non-hydrogen) atoms. The maximum Gasteiger partial charge on any atom is 0.136 e. The summed E-state index contributed by atoms with van der Waals surface area (Å²) in [5.74, 6) is 0. The van der Waals surface area contributed by atoms with E-state index in [0.29, 0.717) is 0 Å². The average molecular weight is 147 g/mol. The Balaban J connectivity index is 2.67. The zero-order valence-electron chi connectivity index (χ0n) is 6.28. The topological polar surface area (TPSA) is 29.3 Å². The molecule has 0 bridgehead atoms. The van der Waals surface area contributed by atoms with E-state index in [1.165, 1.54) is 0 Å². The van der Waals surface area contributed by atoms with Crippen molar-refractivity contribution in [2.45, 2.75) is 0 Å². The summed E-state index contributed by atoms with van der Waals surface area (Å²) in [6.07, 6.45) is 5.72. The largest absolute Gasteiger partial charge is 0.387 e. The molecular weight excluding hydrogens is 138 g/mol. The molecule has 0 saturated carbocycles. The number of imidazole rings is 1. The molecule has 56 valence electrons. The third kappa shape index (κ3) is 0.941. The van der Waals surface area contributed by atoms with E-state index in [9.17, 15) is 0 Å². The number of aromatic nitrogens is 2. The molecular formula is C8H9N3. The van der Waals surface area contributed by atoms with Gasteiger partial charge in [0.25, 0.3) is 0 Å². The predicted octanol–water partition coefficient (Wildman–Crippen LogP) is 1.38. The molecule has 0 aliphatic carbocycles. The van der Waals surface area contributed by atoms with Crippen LogP contribution in [0, 0.1) is 0 Å². The highest BCUT2D eigenvalue weighted by molar-refractivity contribution is 5.49. The van der Waals surface area contributed by atoms with Gasteiger partial charge in [-0.25, -0.2) is 4.98 Å². The van der Waals surface area contributed by atoms with Crippen molar-refractivity contribution in [2.24, 2.45) is 0 Å². The number of nitrogens with zero attached hydrogens (tertiary/aromatic N) is 2. The molecule has 2 heterocycles. The highest BCUT2D eigenvalue weighted by Crippen LogP contribution is 2.07. The monoisotopic (exact) mass is 147 g/mol. The lowest BCUT2D eigenvalue weighted by molar-refractivity contribution is 1.18. The molecule has 0 spiro atoms. The Kier molecular flexibility index (Phi) is 1.28. The normalized spacial score (nSPS) is 10.3. The van der Waals surface area contributed by atoms with Gasteiger partial charge >= 0.3 is 0 Å². The summed E-state index contributed by atoms with van der Waals surface area (Å²) in [5.41, 5.74) is 2.07. The van der Waals surface area contributed by atoms with E-state index in [-0.39, 0.29) is 0 Å². The van der Waals surface area contributed by atoms with Crippen LogP contribution in [0.25, 0.3) is 5.65 Å². The minimum atomic E-state index is 0.976.